The minimum absolute atomic E-state index is 0.0296. The lowest BCUT2D eigenvalue weighted by atomic mass is 10.2. The van der Waals surface area contributed by atoms with E-state index in [1.807, 2.05) is 49.1 Å². The van der Waals surface area contributed by atoms with Crippen LogP contribution in [0.25, 0.3) is 0 Å². The van der Waals surface area contributed by atoms with Crippen LogP contribution in [0.1, 0.15) is 6.42 Å². The fourth-order valence-electron chi connectivity index (χ4n) is 2.14. The van der Waals surface area contributed by atoms with Crippen molar-refractivity contribution in [3.8, 4) is 0 Å². The molecule has 4 heteroatoms. The van der Waals surface area contributed by atoms with E-state index in [0.29, 0.717) is 0 Å². The first-order valence-electron chi connectivity index (χ1n) is 5.89. The molecular formula is C13H19N3O. The molecular weight excluding hydrogens is 214 g/mol. The van der Waals surface area contributed by atoms with Crippen LogP contribution < -0.4 is 15.1 Å². The molecule has 2 rings (SSSR count). The van der Waals surface area contributed by atoms with Crippen LogP contribution in [0.2, 0.25) is 0 Å². The smallest absolute Gasteiger partial charge is 0.244 e. The molecule has 1 saturated heterocycles. The second-order valence-corrected chi connectivity index (χ2v) is 4.53. The zero-order valence-electron chi connectivity index (χ0n) is 10.6. The third kappa shape index (κ3) is 2.26. The van der Waals surface area contributed by atoms with Crippen LogP contribution in [-0.2, 0) is 4.79 Å². The summed E-state index contributed by atoms with van der Waals surface area (Å²) >= 11 is 0. The number of carbonyl (C=O) groups is 1. The molecule has 4 nitrogen and oxygen atoms in total. The van der Waals surface area contributed by atoms with Crippen LogP contribution in [0.4, 0.5) is 11.4 Å². The molecule has 0 aromatic heterocycles. The van der Waals surface area contributed by atoms with Gasteiger partial charge >= 0.3 is 0 Å². The number of nitrogens with one attached hydrogen (secondary N) is 1. The molecule has 0 radical (unpaired) electrons. The van der Waals surface area contributed by atoms with Crippen molar-refractivity contribution in [2.75, 3.05) is 37.5 Å². The Kier molecular flexibility index (Phi) is 3.33. The molecule has 1 heterocycles. The summed E-state index contributed by atoms with van der Waals surface area (Å²) in [6.45, 7) is 0.793. The normalized spacial score (nSPS) is 19.8. The predicted octanol–water partition coefficient (Wildman–Crippen LogP) is 1.08. The fraction of sp³-hybridized carbons (Fsp3) is 0.462. The van der Waals surface area contributed by atoms with Gasteiger partial charge in [0.05, 0.1) is 6.04 Å². The summed E-state index contributed by atoms with van der Waals surface area (Å²) in [6.07, 6.45) is 0.877. The van der Waals surface area contributed by atoms with E-state index in [1.165, 1.54) is 0 Å². The average molecular weight is 233 g/mol. The monoisotopic (exact) mass is 233 g/mol. The predicted molar refractivity (Wildman–Crippen MR) is 70.6 cm³/mol. The molecule has 17 heavy (non-hydrogen) atoms. The second kappa shape index (κ2) is 4.75. The topological polar surface area (TPSA) is 35.6 Å². The summed E-state index contributed by atoms with van der Waals surface area (Å²) in [5.41, 5.74) is 2.10. The average Bonchev–Trinajstić information content (AvgIpc) is 2.70. The number of anilines is 2. The summed E-state index contributed by atoms with van der Waals surface area (Å²) < 4.78 is 0. The van der Waals surface area contributed by atoms with Crippen molar-refractivity contribution in [3.63, 3.8) is 0 Å². The zero-order valence-corrected chi connectivity index (χ0v) is 10.6. The third-order valence-electron chi connectivity index (χ3n) is 3.21. The van der Waals surface area contributed by atoms with Crippen molar-refractivity contribution in [1.82, 2.24) is 5.32 Å². The Balaban J connectivity index is 2.23. The Hall–Kier alpha value is -1.55. The van der Waals surface area contributed by atoms with Gasteiger partial charge in [-0.05, 0) is 31.7 Å². The van der Waals surface area contributed by atoms with Gasteiger partial charge in [-0.3, -0.25) is 4.79 Å². The van der Waals surface area contributed by atoms with Crippen LogP contribution in [0.5, 0.6) is 0 Å². The summed E-state index contributed by atoms with van der Waals surface area (Å²) in [5, 5.41) is 3.05. The first kappa shape index (κ1) is 11.9. The van der Waals surface area contributed by atoms with Crippen molar-refractivity contribution in [3.05, 3.63) is 24.3 Å². The second-order valence-electron chi connectivity index (χ2n) is 4.53. The fourth-order valence-corrected chi connectivity index (χ4v) is 2.14. The Morgan fingerprint density at radius 1 is 1.41 bits per heavy atom. The minimum Gasteiger partial charge on any atom is -0.378 e. The van der Waals surface area contributed by atoms with Crippen LogP contribution in [0.3, 0.4) is 0 Å². The van der Waals surface area contributed by atoms with E-state index in [1.54, 1.807) is 0 Å². The van der Waals surface area contributed by atoms with E-state index in [0.717, 1.165) is 24.3 Å². The Labute approximate surface area is 102 Å². The molecule has 1 N–H and O–H groups in total. The number of likely N-dealkylation sites (N-methyl/N-ethyl adjacent to an activating group) is 1. The number of benzene rings is 1. The van der Waals surface area contributed by atoms with Crippen molar-refractivity contribution >= 4 is 17.3 Å². The number of hydrogen-bond donors (Lipinski definition) is 1. The highest BCUT2D eigenvalue weighted by Gasteiger charge is 2.31. The summed E-state index contributed by atoms with van der Waals surface area (Å²) in [6, 6.07) is 8.04. The van der Waals surface area contributed by atoms with E-state index in [-0.39, 0.29) is 11.9 Å². The van der Waals surface area contributed by atoms with Gasteiger partial charge in [0.1, 0.15) is 0 Å². The first-order chi connectivity index (χ1) is 8.13. The third-order valence-corrected chi connectivity index (χ3v) is 3.21. The number of nitrogens with zero attached hydrogens (tertiary/aromatic N) is 2. The number of amides is 1. The molecule has 1 fully saturated rings. The van der Waals surface area contributed by atoms with E-state index >= 15 is 0 Å². The van der Waals surface area contributed by atoms with Crippen molar-refractivity contribution in [1.29, 1.82) is 0 Å². The molecule has 92 valence electrons. The van der Waals surface area contributed by atoms with Gasteiger partial charge in [-0.15, -0.1) is 0 Å². The molecule has 1 unspecified atom stereocenters. The highest BCUT2D eigenvalue weighted by molar-refractivity contribution is 5.99. The Morgan fingerprint density at radius 3 is 2.76 bits per heavy atom. The maximum atomic E-state index is 12.1. The minimum atomic E-state index is -0.0296. The van der Waals surface area contributed by atoms with Gasteiger partial charge in [0.25, 0.3) is 0 Å². The molecule has 1 aromatic carbocycles. The summed E-state index contributed by atoms with van der Waals surface area (Å²) in [5.74, 6) is 0.170. The van der Waals surface area contributed by atoms with Gasteiger partial charge in [0, 0.05) is 32.0 Å². The quantitative estimate of drug-likeness (QED) is 0.848. The molecule has 1 atom stereocenters. The molecule has 1 aliphatic heterocycles. The Bertz CT molecular complexity index is 417. The number of carbonyl (C=O) groups excluding carboxylic acids is 1. The van der Waals surface area contributed by atoms with Gasteiger partial charge in [-0.2, -0.15) is 0 Å². The maximum absolute atomic E-state index is 12.1. The molecule has 1 amide bonds. The first-order valence-corrected chi connectivity index (χ1v) is 5.89. The summed E-state index contributed by atoms with van der Waals surface area (Å²) in [7, 11) is 5.84. The Morgan fingerprint density at radius 2 is 2.18 bits per heavy atom. The van der Waals surface area contributed by atoms with Gasteiger partial charge in [0.15, 0.2) is 0 Å². The highest BCUT2D eigenvalue weighted by Crippen LogP contribution is 2.25. The lowest BCUT2D eigenvalue weighted by Gasteiger charge is -2.20. The van der Waals surface area contributed by atoms with Crippen LogP contribution in [-0.4, -0.2) is 39.6 Å². The molecule has 0 bridgehead atoms. The highest BCUT2D eigenvalue weighted by atomic mass is 16.2. The van der Waals surface area contributed by atoms with Gasteiger partial charge in [-0.25, -0.2) is 0 Å². The maximum Gasteiger partial charge on any atom is 0.244 e. The SMILES string of the molecule is CNC1CCN(c2cccc(N(C)C)c2)C1=O. The van der Waals surface area contributed by atoms with E-state index < -0.39 is 0 Å². The van der Waals surface area contributed by atoms with Crippen molar-refractivity contribution in [2.24, 2.45) is 0 Å². The van der Waals surface area contributed by atoms with E-state index in [4.69, 9.17) is 0 Å². The molecule has 1 aromatic rings. The van der Waals surface area contributed by atoms with Gasteiger partial charge < -0.3 is 15.1 Å². The molecule has 0 saturated carbocycles. The standard InChI is InChI=1S/C13H19N3O/c1-14-12-7-8-16(13(12)17)11-6-4-5-10(9-11)15(2)3/h4-6,9,12,14H,7-8H2,1-3H3. The van der Waals surface area contributed by atoms with Crippen molar-refractivity contribution in [2.45, 2.75) is 12.5 Å². The largest absolute Gasteiger partial charge is 0.378 e. The van der Waals surface area contributed by atoms with Crippen molar-refractivity contribution < 1.29 is 4.79 Å². The van der Waals surface area contributed by atoms with Crippen LogP contribution in [0.15, 0.2) is 24.3 Å². The van der Waals surface area contributed by atoms with Crippen LogP contribution >= 0.6 is 0 Å². The number of hydrogen-bond acceptors (Lipinski definition) is 3. The lowest BCUT2D eigenvalue weighted by molar-refractivity contribution is -0.118. The summed E-state index contributed by atoms with van der Waals surface area (Å²) in [4.78, 5) is 16.0. The van der Waals surface area contributed by atoms with E-state index in [9.17, 15) is 4.79 Å². The van der Waals surface area contributed by atoms with E-state index in [2.05, 4.69) is 11.4 Å². The molecule has 0 spiro atoms. The lowest BCUT2D eigenvalue weighted by Crippen LogP contribution is -2.36. The molecule has 1 aliphatic rings. The number of rotatable bonds is 3. The van der Waals surface area contributed by atoms with Gasteiger partial charge in [0.2, 0.25) is 5.91 Å². The molecule has 0 aliphatic carbocycles. The van der Waals surface area contributed by atoms with Gasteiger partial charge in [-0.1, -0.05) is 6.07 Å². The van der Waals surface area contributed by atoms with Crippen LogP contribution in [0, 0.1) is 0 Å². The zero-order chi connectivity index (χ0) is 12.4.